The Bertz CT molecular complexity index is 1570. The molecule has 3 heterocycles. The molecule has 1 saturated heterocycles. The number of piperidine rings is 1. The van der Waals surface area contributed by atoms with E-state index in [9.17, 15) is 4.79 Å². The minimum absolute atomic E-state index is 0.139. The number of nitrogens with zero attached hydrogens (tertiary/aromatic N) is 3. The van der Waals surface area contributed by atoms with Crippen LogP contribution in [0.2, 0.25) is 0 Å². The van der Waals surface area contributed by atoms with Crippen LogP contribution in [-0.4, -0.2) is 29.0 Å². The highest BCUT2D eigenvalue weighted by molar-refractivity contribution is 7.22. The lowest BCUT2D eigenvalue weighted by Crippen LogP contribution is -2.29. The summed E-state index contributed by atoms with van der Waals surface area (Å²) in [6, 6.07) is 28.5. The highest BCUT2D eigenvalue weighted by Crippen LogP contribution is 2.35. The Morgan fingerprint density at radius 2 is 1.63 bits per heavy atom. The molecule has 2 aromatic heterocycles. The molecule has 6 rings (SSSR count). The third kappa shape index (κ3) is 5.18. The molecule has 0 unspecified atom stereocenters. The molecule has 3 aromatic carbocycles. The molecule has 1 aliphatic heterocycles. The Balaban J connectivity index is 1.39. The predicted molar refractivity (Wildman–Crippen MR) is 157 cm³/mol. The number of pyridine rings is 1. The first kappa shape index (κ1) is 24.3. The van der Waals surface area contributed by atoms with Crippen molar-refractivity contribution in [1.82, 2.24) is 9.97 Å². The molecule has 1 fully saturated rings. The fourth-order valence-corrected chi connectivity index (χ4v) is 6.03. The fraction of sp³-hybridized carbons (Fsp3) is 0.219. The molecule has 38 heavy (non-hydrogen) atoms. The van der Waals surface area contributed by atoms with Crippen molar-refractivity contribution in [3.05, 3.63) is 107 Å². The summed E-state index contributed by atoms with van der Waals surface area (Å²) >= 11 is 1.57. The number of carbonyl (C=O) groups is 1. The van der Waals surface area contributed by atoms with Gasteiger partial charge in [0.15, 0.2) is 10.8 Å². The van der Waals surface area contributed by atoms with Crippen molar-refractivity contribution < 1.29 is 4.79 Å². The van der Waals surface area contributed by atoms with E-state index in [0.717, 1.165) is 51.9 Å². The number of aromatic nitrogens is 2. The maximum absolute atomic E-state index is 13.9. The van der Waals surface area contributed by atoms with Gasteiger partial charge in [0.05, 0.1) is 16.0 Å². The Labute approximate surface area is 227 Å². The highest BCUT2D eigenvalue weighted by Gasteiger charge is 2.22. The quantitative estimate of drug-likeness (QED) is 0.253. The van der Waals surface area contributed by atoms with Gasteiger partial charge in [-0.1, -0.05) is 89.7 Å². The standard InChI is InChI=1S/C32H30N4OS/c1-22-14-16-24(17-15-22)28-21-26(29-30(33-28)35-32(38-29)36-18-8-3-9-19-36)31(37)34-27-13-7-6-12-25(27)20-23-10-4-2-5-11-23/h2,4-7,10-17,21H,3,8-9,18-20H2,1H3,(H,34,37). The summed E-state index contributed by atoms with van der Waals surface area (Å²) in [7, 11) is 0. The smallest absolute Gasteiger partial charge is 0.257 e. The van der Waals surface area contributed by atoms with Crippen LogP contribution >= 0.6 is 11.3 Å². The second kappa shape index (κ2) is 10.8. The minimum atomic E-state index is -0.139. The zero-order valence-electron chi connectivity index (χ0n) is 21.5. The molecule has 190 valence electrons. The Morgan fingerprint density at radius 1 is 0.895 bits per heavy atom. The molecule has 0 radical (unpaired) electrons. The van der Waals surface area contributed by atoms with Gasteiger partial charge in [-0.15, -0.1) is 0 Å². The highest BCUT2D eigenvalue weighted by atomic mass is 32.1. The van der Waals surface area contributed by atoms with E-state index in [-0.39, 0.29) is 5.91 Å². The molecule has 1 N–H and O–H groups in total. The molecule has 0 spiro atoms. The lowest BCUT2D eigenvalue weighted by Gasteiger charge is -2.25. The normalized spacial score (nSPS) is 13.6. The van der Waals surface area contributed by atoms with E-state index in [0.29, 0.717) is 11.2 Å². The minimum Gasteiger partial charge on any atom is -0.348 e. The number of benzene rings is 3. The number of rotatable bonds is 6. The first-order valence-electron chi connectivity index (χ1n) is 13.2. The van der Waals surface area contributed by atoms with E-state index in [1.54, 1.807) is 11.3 Å². The number of aryl methyl sites for hydroxylation is 1. The van der Waals surface area contributed by atoms with Crippen LogP contribution in [0, 0.1) is 6.92 Å². The van der Waals surface area contributed by atoms with Crippen molar-refractivity contribution in [2.45, 2.75) is 32.6 Å². The van der Waals surface area contributed by atoms with E-state index in [1.165, 1.54) is 30.4 Å². The van der Waals surface area contributed by atoms with Gasteiger partial charge < -0.3 is 10.2 Å². The molecule has 0 saturated carbocycles. The maximum atomic E-state index is 13.9. The first-order chi connectivity index (χ1) is 18.6. The SMILES string of the molecule is Cc1ccc(-c2cc(C(=O)Nc3ccccc3Cc3ccccc3)c3sc(N4CCCCC4)nc3n2)cc1. The summed E-state index contributed by atoms with van der Waals surface area (Å²) in [5.41, 5.74) is 7.27. The number of fused-ring (bicyclic) bond motifs is 1. The van der Waals surface area contributed by atoms with E-state index >= 15 is 0 Å². The molecule has 1 aliphatic rings. The van der Waals surface area contributed by atoms with Crippen LogP contribution in [0.5, 0.6) is 0 Å². The van der Waals surface area contributed by atoms with E-state index in [4.69, 9.17) is 9.97 Å². The van der Waals surface area contributed by atoms with Crippen molar-refractivity contribution in [2.24, 2.45) is 0 Å². The maximum Gasteiger partial charge on any atom is 0.257 e. The van der Waals surface area contributed by atoms with Crippen LogP contribution in [0.25, 0.3) is 21.6 Å². The van der Waals surface area contributed by atoms with Crippen molar-refractivity contribution in [3.8, 4) is 11.3 Å². The molecule has 0 aliphatic carbocycles. The molecule has 5 aromatic rings. The Morgan fingerprint density at radius 3 is 2.42 bits per heavy atom. The van der Waals surface area contributed by atoms with Crippen molar-refractivity contribution >= 4 is 38.4 Å². The summed E-state index contributed by atoms with van der Waals surface area (Å²) in [6.45, 7) is 4.07. The van der Waals surface area contributed by atoms with Gasteiger partial charge in [0, 0.05) is 24.3 Å². The van der Waals surface area contributed by atoms with Gasteiger partial charge in [-0.3, -0.25) is 4.79 Å². The summed E-state index contributed by atoms with van der Waals surface area (Å²) in [6.07, 6.45) is 4.34. The lowest BCUT2D eigenvalue weighted by atomic mass is 10.0. The molecule has 0 atom stereocenters. The topological polar surface area (TPSA) is 58.1 Å². The third-order valence-corrected chi connectivity index (χ3v) is 8.21. The third-order valence-electron chi connectivity index (χ3n) is 7.07. The van der Waals surface area contributed by atoms with Gasteiger partial charge in [-0.25, -0.2) is 4.98 Å². The van der Waals surface area contributed by atoms with Crippen LogP contribution in [0.1, 0.15) is 46.3 Å². The molecule has 0 bridgehead atoms. The zero-order valence-corrected chi connectivity index (χ0v) is 22.3. The fourth-order valence-electron chi connectivity index (χ4n) is 4.96. The van der Waals surface area contributed by atoms with Crippen LogP contribution in [0.3, 0.4) is 0 Å². The van der Waals surface area contributed by atoms with E-state index in [1.807, 2.05) is 42.5 Å². The zero-order chi connectivity index (χ0) is 25.9. The van der Waals surface area contributed by atoms with Crippen LogP contribution in [0.4, 0.5) is 10.8 Å². The van der Waals surface area contributed by atoms with Gasteiger partial charge in [0.1, 0.15) is 0 Å². The number of hydrogen-bond acceptors (Lipinski definition) is 5. The number of nitrogens with one attached hydrogen (secondary N) is 1. The van der Waals surface area contributed by atoms with Gasteiger partial charge in [0.2, 0.25) is 0 Å². The summed E-state index contributed by atoms with van der Waals surface area (Å²) in [5.74, 6) is -0.139. The van der Waals surface area contributed by atoms with Gasteiger partial charge in [-0.05, 0) is 55.9 Å². The largest absolute Gasteiger partial charge is 0.348 e. The van der Waals surface area contributed by atoms with Gasteiger partial charge in [-0.2, -0.15) is 4.98 Å². The summed E-state index contributed by atoms with van der Waals surface area (Å²) < 4.78 is 0.833. The van der Waals surface area contributed by atoms with Crippen molar-refractivity contribution in [1.29, 1.82) is 0 Å². The molecular weight excluding hydrogens is 488 g/mol. The lowest BCUT2D eigenvalue weighted by molar-refractivity contribution is 0.102. The second-order valence-electron chi connectivity index (χ2n) is 9.89. The molecule has 6 heteroatoms. The van der Waals surface area contributed by atoms with Crippen molar-refractivity contribution in [3.63, 3.8) is 0 Å². The predicted octanol–water partition coefficient (Wildman–Crippen LogP) is 7.50. The average Bonchev–Trinajstić information content (AvgIpc) is 3.39. The second-order valence-corrected chi connectivity index (χ2v) is 10.9. The van der Waals surface area contributed by atoms with Crippen LogP contribution in [-0.2, 0) is 6.42 Å². The van der Waals surface area contributed by atoms with Crippen LogP contribution < -0.4 is 10.2 Å². The number of para-hydroxylation sites is 1. The van der Waals surface area contributed by atoms with Crippen LogP contribution in [0.15, 0.2) is 84.9 Å². The van der Waals surface area contributed by atoms with Crippen molar-refractivity contribution in [2.75, 3.05) is 23.3 Å². The van der Waals surface area contributed by atoms with E-state index < -0.39 is 0 Å². The molecular formula is C32H30N4OS. The number of thiazole rings is 1. The molecule has 1 amide bonds. The Hall–Kier alpha value is -4.03. The summed E-state index contributed by atoms with van der Waals surface area (Å²) in [4.78, 5) is 26.0. The number of anilines is 2. The van der Waals surface area contributed by atoms with Gasteiger partial charge >= 0.3 is 0 Å². The van der Waals surface area contributed by atoms with E-state index in [2.05, 4.69) is 59.6 Å². The van der Waals surface area contributed by atoms with Gasteiger partial charge in [0.25, 0.3) is 5.91 Å². The number of amides is 1. The number of hydrogen-bond donors (Lipinski definition) is 1. The first-order valence-corrected chi connectivity index (χ1v) is 14.0. The molecule has 5 nitrogen and oxygen atoms in total. The Kier molecular flexibility index (Phi) is 6.88. The average molecular weight is 519 g/mol. The number of carbonyl (C=O) groups excluding carboxylic acids is 1. The summed E-state index contributed by atoms with van der Waals surface area (Å²) in [5, 5.41) is 4.17. The monoisotopic (exact) mass is 518 g/mol.